The van der Waals surface area contributed by atoms with Crippen LogP contribution < -0.4 is 9.80 Å². The molecule has 2 aliphatic heterocycles. The zero-order chi connectivity index (χ0) is 19.1. The SMILES string of the molecule is Cc1ccc2c(c1)[C@@H]1C[NH+](C)CC[C@@H]1N2C(=O)/C=C/c1ccc(Cl)cc1Cl. The quantitative estimate of drug-likeness (QED) is 0.761. The summed E-state index contributed by atoms with van der Waals surface area (Å²) in [5.41, 5.74) is 4.41. The van der Waals surface area contributed by atoms with Gasteiger partial charge in [-0.2, -0.15) is 0 Å². The van der Waals surface area contributed by atoms with Crippen LogP contribution in [0.5, 0.6) is 0 Å². The molecule has 2 aromatic rings. The van der Waals surface area contributed by atoms with Crippen molar-refractivity contribution in [3.63, 3.8) is 0 Å². The number of aryl methyl sites for hydroxylation is 1. The first-order valence-electron chi connectivity index (χ1n) is 9.32. The molecular formula is C22H23Cl2N2O+. The fourth-order valence-corrected chi connectivity index (χ4v) is 4.84. The summed E-state index contributed by atoms with van der Waals surface area (Å²) in [6.07, 6.45) is 4.43. The Morgan fingerprint density at radius 3 is 2.81 bits per heavy atom. The molecule has 2 heterocycles. The third-order valence-electron chi connectivity index (χ3n) is 5.68. The highest BCUT2D eigenvalue weighted by Gasteiger charge is 2.45. The summed E-state index contributed by atoms with van der Waals surface area (Å²) in [6, 6.07) is 12.0. The highest BCUT2D eigenvalue weighted by molar-refractivity contribution is 6.35. The minimum atomic E-state index is 0.0122. The van der Waals surface area contributed by atoms with E-state index in [4.69, 9.17) is 23.2 Å². The molecule has 0 saturated carbocycles. The summed E-state index contributed by atoms with van der Waals surface area (Å²) in [4.78, 5) is 16.7. The number of nitrogens with one attached hydrogen (secondary N) is 1. The van der Waals surface area contributed by atoms with Gasteiger partial charge in [0.15, 0.2) is 0 Å². The van der Waals surface area contributed by atoms with E-state index < -0.39 is 0 Å². The van der Waals surface area contributed by atoms with E-state index in [0.29, 0.717) is 16.0 Å². The van der Waals surface area contributed by atoms with Gasteiger partial charge in [-0.3, -0.25) is 4.79 Å². The molecule has 2 aliphatic rings. The highest BCUT2D eigenvalue weighted by atomic mass is 35.5. The van der Waals surface area contributed by atoms with Gasteiger partial charge in [0.2, 0.25) is 0 Å². The maximum absolute atomic E-state index is 13.1. The van der Waals surface area contributed by atoms with E-state index in [0.717, 1.165) is 30.8 Å². The molecule has 0 aromatic heterocycles. The van der Waals surface area contributed by atoms with Gasteiger partial charge in [-0.1, -0.05) is 47.0 Å². The number of piperidine rings is 1. The van der Waals surface area contributed by atoms with E-state index >= 15 is 0 Å². The number of likely N-dealkylation sites (N-methyl/N-ethyl adjacent to an activating group) is 1. The number of quaternary nitrogens is 1. The normalized spacial score (nSPS) is 24.1. The van der Waals surface area contributed by atoms with Crippen LogP contribution in [0.4, 0.5) is 5.69 Å². The molecule has 1 unspecified atom stereocenters. The van der Waals surface area contributed by atoms with Crippen LogP contribution in [0.2, 0.25) is 10.0 Å². The zero-order valence-electron chi connectivity index (χ0n) is 15.5. The first-order valence-corrected chi connectivity index (χ1v) is 10.1. The van der Waals surface area contributed by atoms with Crippen molar-refractivity contribution in [2.24, 2.45) is 0 Å². The molecule has 2 aromatic carbocycles. The molecule has 0 radical (unpaired) electrons. The Morgan fingerprint density at radius 2 is 2.04 bits per heavy atom. The Labute approximate surface area is 170 Å². The molecular weight excluding hydrogens is 379 g/mol. The molecule has 1 saturated heterocycles. The Balaban J connectivity index is 1.66. The second-order valence-electron chi connectivity index (χ2n) is 7.64. The van der Waals surface area contributed by atoms with Crippen LogP contribution in [-0.4, -0.2) is 32.1 Å². The van der Waals surface area contributed by atoms with Gasteiger partial charge in [0.25, 0.3) is 5.91 Å². The van der Waals surface area contributed by atoms with Crippen LogP contribution in [-0.2, 0) is 4.79 Å². The smallest absolute Gasteiger partial charge is 0.251 e. The van der Waals surface area contributed by atoms with E-state index in [1.54, 1.807) is 24.3 Å². The van der Waals surface area contributed by atoms with Crippen molar-refractivity contribution in [2.45, 2.75) is 25.3 Å². The number of carbonyl (C=O) groups excluding carboxylic acids is 1. The third kappa shape index (κ3) is 3.52. The van der Waals surface area contributed by atoms with Gasteiger partial charge in [-0.25, -0.2) is 0 Å². The summed E-state index contributed by atoms with van der Waals surface area (Å²) >= 11 is 12.2. The first-order chi connectivity index (χ1) is 12.9. The lowest BCUT2D eigenvalue weighted by molar-refractivity contribution is -0.886. The first kappa shape index (κ1) is 18.5. The molecule has 1 N–H and O–H groups in total. The monoisotopic (exact) mass is 401 g/mol. The highest BCUT2D eigenvalue weighted by Crippen LogP contribution is 2.43. The van der Waals surface area contributed by atoms with Gasteiger partial charge in [0.1, 0.15) is 0 Å². The van der Waals surface area contributed by atoms with Crippen molar-refractivity contribution in [3.05, 3.63) is 69.2 Å². The van der Waals surface area contributed by atoms with E-state index in [-0.39, 0.29) is 11.9 Å². The average molecular weight is 402 g/mol. The summed E-state index contributed by atoms with van der Waals surface area (Å²) < 4.78 is 0. The molecule has 5 heteroatoms. The van der Waals surface area contributed by atoms with E-state index in [2.05, 4.69) is 32.2 Å². The van der Waals surface area contributed by atoms with Gasteiger partial charge < -0.3 is 9.80 Å². The predicted molar refractivity (Wildman–Crippen MR) is 112 cm³/mol. The molecule has 0 bridgehead atoms. The van der Waals surface area contributed by atoms with Crippen molar-refractivity contribution in [3.8, 4) is 0 Å². The van der Waals surface area contributed by atoms with E-state index in [1.807, 2.05) is 11.0 Å². The summed E-state index contributed by atoms with van der Waals surface area (Å²) in [5, 5.41) is 1.13. The van der Waals surface area contributed by atoms with Crippen molar-refractivity contribution >= 4 is 40.9 Å². The van der Waals surface area contributed by atoms with Crippen LogP contribution in [0.15, 0.2) is 42.5 Å². The number of rotatable bonds is 2. The summed E-state index contributed by atoms with van der Waals surface area (Å²) in [5.74, 6) is 0.420. The molecule has 0 spiro atoms. The number of nitrogens with zero attached hydrogens (tertiary/aromatic N) is 1. The number of benzene rings is 2. The van der Waals surface area contributed by atoms with Gasteiger partial charge in [0, 0.05) is 28.2 Å². The Bertz CT molecular complexity index is 925. The maximum Gasteiger partial charge on any atom is 0.251 e. The molecule has 1 fully saturated rings. The number of fused-ring (bicyclic) bond motifs is 3. The molecule has 4 rings (SSSR count). The van der Waals surface area contributed by atoms with Crippen molar-refractivity contribution in [1.82, 2.24) is 0 Å². The molecule has 3 atom stereocenters. The van der Waals surface area contributed by atoms with Crippen LogP contribution >= 0.6 is 23.2 Å². The van der Waals surface area contributed by atoms with Gasteiger partial charge in [0.05, 0.1) is 32.1 Å². The Morgan fingerprint density at radius 1 is 1.22 bits per heavy atom. The fraction of sp³-hybridized carbons (Fsp3) is 0.318. The minimum Gasteiger partial charge on any atom is -0.337 e. The van der Waals surface area contributed by atoms with Gasteiger partial charge >= 0.3 is 0 Å². The number of hydrogen-bond acceptors (Lipinski definition) is 1. The number of amides is 1. The predicted octanol–water partition coefficient (Wildman–Crippen LogP) is 3.73. The van der Waals surface area contributed by atoms with Gasteiger partial charge in [-0.05, 0) is 42.3 Å². The average Bonchev–Trinajstić information content (AvgIpc) is 2.94. The van der Waals surface area contributed by atoms with Crippen molar-refractivity contribution in [2.75, 3.05) is 25.0 Å². The van der Waals surface area contributed by atoms with Crippen LogP contribution in [0.3, 0.4) is 0 Å². The fourth-order valence-electron chi connectivity index (χ4n) is 4.36. The molecule has 1 amide bonds. The van der Waals surface area contributed by atoms with Crippen molar-refractivity contribution in [1.29, 1.82) is 0 Å². The van der Waals surface area contributed by atoms with Crippen LogP contribution in [0.1, 0.15) is 29.0 Å². The van der Waals surface area contributed by atoms with Crippen LogP contribution in [0, 0.1) is 6.92 Å². The molecule has 3 nitrogen and oxygen atoms in total. The standard InChI is InChI=1S/C22H22Cl2N2O/c1-14-3-7-20-17(11-14)18-13-25(2)10-9-21(18)26(20)22(27)8-5-15-4-6-16(23)12-19(15)24/h3-8,11-12,18,21H,9-10,13H2,1-2H3/p+1/b8-5+/t18-,21-/m0/s1. The maximum atomic E-state index is 13.1. The minimum absolute atomic E-state index is 0.0122. The summed E-state index contributed by atoms with van der Waals surface area (Å²) in [6.45, 7) is 4.27. The molecule has 140 valence electrons. The number of likely N-dealkylation sites (tertiary alicyclic amines) is 1. The number of halogens is 2. The lowest BCUT2D eigenvalue weighted by Gasteiger charge is -2.34. The van der Waals surface area contributed by atoms with Gasteiger partial charge in [-0.15, -0.1) is 0 Å². The van der Waals surface area contributed by atoms with E-state index in [1.165, 1.54) is 16.0 Å². The second kappa shape index (κ2) is 7.31. The lowest BCUT2D eigenvalue weighted by Crippen LogP contribution is -3.11. The second-order valence-corrected chi connectivity index (χ2v) is 8.49. The van der Waals surface area contributed by atoms with E-state index in [9.17, 15) is 4.79 Å². The lowest BCUT2D eigenvalue weighted by atomic mass is 9.89. The Kier molecular flexibility index (Phi) is 5.02. The number of hydrogen-bond donors (Lipinski definition) is 1. The molecule has 0 aliphatic carbocycles. The largest absolute Gasteiger partial charge is 0.337 e. The molecule has 27 heavy (non-hydrogen) atoms. The zero-order valence-corrected chi connectivity index (χ0v) is 17.0. The number of carbonyl (C=O) groups is 1. The third-order valence-corrected chi connectivity index (χ3v) is 6.24. The Hall–Kier alpha value is -1.81. The topological polar surface area (TPSA) is 24.8 Å². The summed E-state index contributed by atoms with van der Waals surface area (Å²) in [7, 11) is 2.23. The van der Waals surface area contributed by atoms with Crippen LogP contribution in [0.25, 0.3) is 6.08 Å². The van der Waals surface area contributed by atoms with Crippen molar-refractivity contribution < 1.29 is 9.69 Å². The number of anilines is 1.